The molecule has 0 aliphatic rings. The van der Waals surface area contributed by atoms with E-state index in [0.717, 1.165) is 12.3 Å². The van der Waals surface area contributed by atoms with Crippen LogP contribution in [0.25, 0.3) is 11.5 Å². The average molecular weight is 353 g/mol. The lowest BCUT2D eigenvalue weighted by atomic mass is 10.3. The van der Waals surface area contributed by atoms with Gasteiger partial charge in [-0.2, -0.15) is 16.8 Å². The average Bonchev–Trinajstić information content (AvgIpc) is 3.14. The minimum absolute atomic E-state index is 0.0994. The fourth-order valence-corrected chi connectivity index (χ4v) is 2.67. The molecular formula is C14H19N5O2S2. The molecule has 7 nitrogen and oxygen atoms in total. The number of carbonyl (C=O) groups excluding carboxylic acids is 1. The van der Waals surface area contributed by atoms with Gasteiger partial charge in [0, 0.05) is 24.6 Å². The largest absolute Gasteiger partial charge is 0.458 e. The number of carbonyl (C=O) groups is 1. The molecule has 2 rings (SSSR count). The monoisotopic (exact) mass is 353 g/mol. The Morgan fingerprint density at radius 3 is 3.04 bits per heavy atom. The van der Waals surface area contributed by atoms with Gasteiger partial charge >= 0.3 is 0 Å². The van der Waals surface area contributed by atoms with E-state index in [2.05, 4.69) is 20.6 Å². The number of hydrogen-bond acceptors (Lipinski definition) is 6. The molecule has 23 heavy (non-hydrogen) atoms. The van der Waals surface area contributed by atoms with Crippen LogP contribution in [-0.2, 0) is 11.3 Å². The summed E-state index contributed by atoms with van der Waals surface area (Å²) >= 11 is 3.12. The van der Waals surface area contributed by atoms with Crippen molar-refractivity contribution in [1.29, 1.82) is 0 Å². The van der Waals surface area contributed by atoms with Gasteiger partial charge in [-0.15, -0.1) is 11.3 Å². The molecule has 124 valence electrons. The Labute approximate surface area is 142 Å². The number of thioether (sulfide) groups is 1. The maximum Gasteiger partial charge on any atom is 0.217 e. The van der Waals surface area contributed by atoms with Gasteiger partial charge < -0.3 is 20.8 Å². The summed E-state index contributed by atoms with van der Waals surface area (Å²) in [5.74, 6) is 2.52. The quantitative estimate of drug-likeness (QED) is 0.399. The Balaban J connectivity index is 1.98. The van der Waals surface area contributed by atoms with Gasteiger partial charge in [0.2, 0.25) is 11.0 Å². The molecule has 0 unspecified atom stereocenters. The number of amides is 1. The third-order valence-electron chi connectivity index (χ3n) is 2.75. The molecule has 0 saturated heterocycles. The Morgan fingerprint density at radius 1 is 1.48 bits per heavy atom. The summed E-state index contributed by atoms with van der Waals surface area (Å²) in [5, 5.41) is 8.13. The number of rotatable bonds is 7. The summed E-state index contributed by atoms with van der Waals surface area (Å²) in [6.45, 7) is 2.59. The van der Waals surface area contributed by atoms with Crippen LogP contribution in [0.4, 0.5) is 5.13 Å². The van der Waals surface area contributed by atoms with E-state index in [1.165, 1.54) is 18.3 Å². The highest BCUT2D eigenvalue weighted by Gasteiger charge is 2.09. The van der Waals surface area contributed by atoms with Crippen LogP contribution in [-0.4, -0.2) is 35.4 Å². The first kappa shape index (κ1) is 17.4. The van der Waals surface area contributed by atoms with E-state index in [-0.39, 0.29) is 5.91 Å². The summed E-state index contributed by atoms with van der Waals surface area (Å²) in [5.41, 5.74) is 6.49. The predicted molar refractivity (Wildman–Crippen MR) is 95.0 cm³/mol. The van der Waals surface area contributed by atoms with Crippen molar-refractivity contribution in [3.8, 4) is 11.5 Å². The fourth-order valence-electron chi connectivity index (χ4n) is 1.67. The molecule has 4 N–H and O–H groups in total. The molecule has 9 heteroatoms. The van der Waals surface area contributed by atoms with Gasteiger partial charge in [0.1, 0.15) is 11.5 Å². The summed E-state index contributed by atoms with van der Waals surface area (Å²) in [7, 11) is 0. The van der Waals surface area contributed by atoms with Crippen LogP contribution in [0.3, 0.4) is 0 Å². The van der Waals surface area contributed by atoms with Crippen LogP contribution in [0.5, 0.6) is 0 Å². The lowest BCUT2D eigenvalue weighted by Gasteiger charge is -2.02. The first-order chi connectivity index (χ1) is 11.1. The highest BCUT2D eigenvalue weighted by Crippen LogP contribution is 2.28. The van der Waals surface area contributed by atoms with Crippen LogP contribution in [0, 0.1) is 0 Å². The van der Waals surface area contributed by atoms with Crippen molar-refractivity contribution in [2.24, 2.45) is 10.7 Å². The zero-order valence-electron chi connectivity index (χ0n) is 13.0. The number of nitrogens with two attached hydrogens (primary N) is 1. The van der Waals surface area contributed by atoms with Gasteiger partial charge in [0.05, 0.1) is 6.54 Å². The topological polar surface area (TPSA) is 106 Å². The molecular weight excluding hydrogens is 334 g/mol. The van der Waals surface area contributed by atoms with Crippen molar-refractivity contribution in [2.45, 2.75) is 13.5 Å². The Bertz CT molecular complexity index is 680. The molecule has 0 radical (unpaired) electrons. The highest BCUT2D eigenvalue weighted by atomic mass is 32.2. The van der Waals surface area contributed by atoms with Gasteiger partial charge in [0.15, 0.2) is 11.7 Å². The first-order valence-corrected chi connectivity index (χ1v) is 9.22. The molecule has 0 saturated carbocycles. The molecule has 2 heterocycles. The first-order valence-electron chi connectivity index (χ1n) is 6.94. The summed E-state index contributed by atoms with van der Waals surface area (Å²) in [6.07, 6.45) is 2.03. The second-order valence-corrected chi connectivity index (χ2v) is 6.43. The molecule has 0 aliphatic carbocycles. The van der Waals surface area contributed by atoms with E-state index in [1.807, 2.05) is 23.8 Å². The summed E-state index contributed by atoms with van der Waals surface area (Å²) in [6, 6.07) is 3.63. The zero-order chi connectivity index (χ0) is 16.7. The van der Waals surface area contributed by atoms with E-state index in [1.54, 1.807) is 11.8 Å². The smallest absolute Gasteiger partial charge is 0.217 e. The molecule has 0 aromatic carbocycles. The lowest BCUT2D eigenvalue weighted by molar-refractivity contribution is -0.119. The van der Waals surface area contributed by atoms with Crippen molar-refractivity contribution in [3.63, 3.8) is 0 Å². The van der Waals surface area contributed by atoms with Gasteiger partial charge in [-0.3, -0.25) is 4.79 Å². The van der Waals surface area contributed by atoms with Gasteiger partial charge in [-0.1, -0.05) is 0 Å². The molecule has 0 aliphatic heterocycles. The number of hydrogen-bond donors (Lipinski definition) is 3. The minimum Gasteiger partial charge on any atom is -0.458 e. The summed E-state index contributed by atoms with van der Waals surface area (Å²) in [4.78, 5) is 19.5. The van der Waals surface area contributed by atoms with Crippen LogP contribution < -0.4 is 16.4 Å². The normalized spacial score (nSPS) is 11.5. The van der Waals surface area contributed by atoms with E-state index < -0.39 is 0 Å². The minimum atomic E-state index is -0.0994. The van der Waals surface area contributed by atoms with Crippen molar-refractivity contribution in [2.75, 3.05) is 18.6 Å². The van der Waals surface area contributed by atoms with E-state index in [0.29, 0.717) is 34.9 Å². The SMILES string of the molecule is CSCCN/C(N)=N/c1nc(-c2ccc(CNC(C)=O)o2)cs1. The van der Waals surface area contributed by atoms with Crippen molar-refractivity contribution in [3.05, 3.63) is 23.3 Å². The number of nitrogens with zero attached hydrogens (tertiary/aromatic N) is 2. The van der Waals surface area contributed by atoms with Crippen LogP contribution in [0.2, 0.25) is 0 Å². The third kappa shape index (κ3) is 5.61. The number of aromatic nitrogens is 1. The van der Waals surface area contributed by atoms with Gasteiger partial charge in [0.25, 0.3) is 0 Å². The summed E-state index contributed by atoms with van der Waals surface area (Å²) < 4.78 is 5.65. The maximum absolute atomic E-state index is 10.9. The van der Waals surface area contributed by atoms with E-state index in [9.17, 15) is 4.79 Å². The molecule has 2 aromatic heterocycles. The maximum atomic E-state index is 10.9. The second kappa shape index (κ2) is 8.59. The van der Waals surface area contributed by atoms with Gasteiger partial charge in [-0.05, 0) is 18.4 Å². The Kier molecular flexibility index (Phi) is 6.48. The van der Waals surface area contributed by atoms with Crippen molar-refractivity contribution >= 4 is 40.1 Å². The fraction of sp³-hybridized carbons (Fsp3) is 0.357. The van der Waals surface area contributed by atoms with E-state index >= 15 is 0 Å². The standard InChI is InChI=1S/C14H19N5O2S2/c1-9(20)17-7-10-3-4-12(21-10)11-8-23-14(18-11)19-13(15)16-5-6-22-2/h3-4,8H,5-7H2,1-2H3,(H,17,20)(H3,15,16,18,19). The highest BCUT2D eigenvalue weighted by molar-refractivity contribution is 7.98. The lowest BCUT2D eigenvalue weighted by Crippen LogP contribution is -2.32. The molecule has 0 bridgehead atoms. The number of thiazole rings is 1. The van der Waals surface area contributed by atoms with Crippen LogP contribution in [0.15, 0.2) is 26.9 Å². The molecule has 0 fully saturated rings. The number of guanidine groups is 1. The second-order valence-electron chi connectivity index (χ2n) is 4.61. The Morgan fingerprint density at radius 2 is 2.30 bits per heavy atom. The number of nitrogens with one attached hydrogen (secondary N) is 2. The number of aliphatic imine (C=N–C) groups is 1. The van der Waals surface area contributed by atoms with E-state index in [4.69, 9.17) is 10.2 Å². The number of furan rings is 1. The molecule has 0 atom stereocenters. The van der Waals surface area contributed by atoms with Crippen molar-refractivity contribution < 1.29 is 9.21 Å². The molecule has 1 amide bonds. The van der Waals surface area contributed by atoms with Crippen molar-refractivity contribution in [1.82, 2.24) is 15.6 Å². The Hall–Kier alpha value is -2.00. The van der Waals surface area contributed by atoms with Crippen LogP contribution in [0.1, 0.15) is 12.7 Å². The third-order valence-corrected chi connectivity index (χ3v) is 4.09. The van der Waals surface area contributed by atoms with Gasteiger partial charge in [-0.25, -0.2) is 4.98 Å². The predicted octanol–water partition coefficient (Wildman–Crippen LogP) is 1.94. The molecule has 0 spiro atoms. The zero-order valence-corrected chi connectivity index (χ0v) is 14.6. The van der Waals surface area contributed by atoms with Crippen LogP contribution >= 0.6 is 23.1 Å². The molecule has 2 aromatic rings.